The molecule has 0 radical (unpaired) electrons. The fourth-order valence-electron chi connectivity index (χ4n) is 1.64. The first-order chi connectivity index (χ1) is 7.18. The second-order valence-corrected chi connectivity index (χ2v) is 4.85. The second-order valence-electron chi connectivity index (χ2n) is 4.13. The summed E-state index contributed by atoms with van der Waals surface area (Å²) in [5.41, 5.74) is 0.568. The van der Waals surface area contributed by atoms with Gasteiger partial charge in [0.25, 0.3) is 5.91 Å². The summed E-state index contributed by atoms with van der Waals surface area (Å²) in [6, 6.07) is 1.67. The summed E-state index contributed by atoms with van der Waals surface area (Å²) >= 11 is 3.19. The summed E-state index contributed by atoms with van der Waals surface area (Å²) < 4.78 is 5.51. The molecule has 0 aliphatic heterocycles. The van der Waals surface area contributed by atoms with E-state index in [1.165, 1.54) is 19.1 Å². The van der Waals surface area contributed by atoms with Crippen LogP contribution < -0.4 is 5.32 Å². The normalized spacial score (nSPS) is 17.5. The zero-order chi connectivity index (χ0) is 10.8. The highest BCUT2D eigenvalue weighted by atomic mass is 79.9. The minimum absolute atomic E-state index is 0.0666. The molecule has 1 amide bonds. The SMILES string of the molecule is CC(CNC(=O)c1ccoc1Br)C1CC1. The molecule has 1 saturated carbocycles. The zero-order valence-electron chi connectivity index (χ0n) is 8.63. The van der Waals surface area contributed by atoms with Crippen LogP contribution in [-0.2, 0) is 0 Å². The molecule has 1 aromatic rings. The van der Waals surface area contributed by atoms with Gasteiger partial charge in [-0.2, -0.15) is 0 Å². The summed E-state index contributed by atoms with van der Waals surface area (Å²) in [5.74, 6) is 1.33. The van der Waals surface area contributed by atoms with Gasteiger partial charge in [0.1, 0.15) is 0 Å². The number of rotatable bonds is 4. The fraction of sp³-hybridized carbons (Fsp3) is 0.545. The van der Waals surface area contributed by atoms with Crippen molar-refractivity contribution in [1.29, 1.82) is 0 Å². The van der Waals surface area contributed by atoms with E-state index in [0.717, 1.165) is 12.5 Å². The Kier molecular flexibility index (Phi) is 3.14. The molecule has 1 aromatic heterocycles. The van der Waals surface area contributed by atoms with Gasteiger partial charge in [-0.05, 0) is 46.7 Å². The average Bonchev–Trinajstić information content (AvgIpc) is 2.98. The molecular weight excluding hydrogens is 258 g/mol. The molecule has 1 heterocycles. The van der Waals surface area contributed by atoms with Crippen LogP contribution in [0.4, 0.5) is 0 Å². The van der Waals surface area contributed by atoms with E-state index in [2.05, 4.69) is 28.2 Å². The smallest absolute Gasteiger partial charge is 0.255 e. The Balaban J connectivity index is 1.84. The Hall–Kier alpha value is -0.770. The zero-order valence-corrected chi connectivity index (χ0v) is 10.2. The van der Waals surface area contributed by atoms with Gasteiger partial charge in [0.15, 0.2) is 4.67 Å². The third-order valence-electron chi connectivity index (χ3n) is 2.87. The molecule has 1 aliphatic carbocycles. The molecule has 82 valence electrons. The van der Waals surface area contributed by atoms with Crippen molar-refractivity contribution in [2.45, 2.75) is 19.8 Å². The summed E-state index contributed by atoms with van der Waals surface area (Å²) in [6.07, 6.45) is 4.13. The van der Waals surface area contributed by atoms with E-state index in [9.17, 15) is 4.79 Å². The maximum absolute atomic E-state index is 11.7. The van der Waals surface area contributed by atoms with Gasteiger partial charge in [-0.15, -0.1) is 0 Å². The Bertz CT molecular complexity index is 357. The molecule has 1 fully saturated rings. The first-order valence-corrected chi connectivity index (χ1v) is 5.99. The Morgan fingerprint density at radius 1 is 1.73 bits per heavy atom. The molecule has 0 aromatic carbocycles. The number of amides is 1. The number of halogens is 1. The van der Waals surface area contributed by atoms with Crippen LogP contribution in [-0.4, -0.2) is 12.5 Å². The first kappa shape index (κ1) is 10.7. The molecule has 1 aliphatic rings. The minimum atomic E-state index is -0.0666. The van der Waals surface area contributed by atoms with Gasteiger partial charge in [0, 0.05) is 6.54 Å². The Labute approximate surface area is 97.4 Å². The predicted molar refractivity (Wildman–Crippen MR) is 60.6 cm³/mol. The number of carbonyl (C=O) groups excluding carboxylic acids is 1. The monoisotopic (exact) mass is 271 g/mol. The van der Waals surface area contributed by atoms with Crippen LogP contribution in [0.1, 0.15) is 30.1 Å². The Morgan fingerprint density at radius 3 is 3.00 bits per heavy atom. The van der Waals surface area contributed by atoms with Crippen LogP contribution in [0, 0.1) is 11.8 Å². The maximum atomic E-state index is 11.7. The third kappa shape index (κ3) is 2.62. The number of carbonyl (C=O) groups is 1. The van der Waals surface area contributed by atoms with Crippen LogP contribution in [0.25, 0.3) is 0 Å². The lowest BCUT2D eigenvalue weighted by atomic mass is 10.1. The summed E-state index contributed by atoms with van der Waals surface area (Å²) in [5, 5.41) is 2.92. The quantitative estimate of drug-likeness (QED) is 0.915. The molecule has 2 rings (SSSR count). The van der Waals surface area contributed by atoms with Gasteiger partial charge in [0.05, 0.1) is 11.8 Å². The van der Waals surface area contributed by atoms with E-state index in [1.54, 1.807) is 6.07 Å². The molecule has 0 saturated heterocycles. The highest BCUT2D eigenvalue weighted by Crippen LogP contribution is 2.36. The minimum Gasteiger partial charge on any atom is -0.457 e. The van der Waals surface area contributed by atoms with Crippen molar-refractivity contribution in [3.8, 4) is 0 Å². The summed E-state index contributed by atoms with van der Waals surface area (Å²) in [7, 11) is 0. The van der Waals surface area contributed by atoms with Crippen molar-refractivity contribution in [3.05, 3.63) is 22.6 Å². The molecule has 0 spiro atoms. The van der Waals surface area contributed by atoms with Crippen molar-refractivity contribution in [2.24, 2.45) is 11.8 Å². The molecule has 1 N–H and O–H groups in total. The van der Waals surface area contributed by atoms with Gasteiger partial charge in [-0.25, -0.2) is 0 Å². The second kappa shape index (κ2) is 4.39. The summed E-state index contributed by atoms with van der Waals surface area (Å²) in [4.78, 5) is 11.7. The highest BCUT2D eigenvalue weighted by molar-refractivity contribution is 9.10. The largest absolute Gasteiger partial charge is 0.457 e. The molecule has 15 heavy (non-hydrogen) atoms. The lowest BCUT2D eigenvalue weighted by Crippen LogP contribution is -2.28. The highest BCUT2D eigenvalue weighted by Gasteiger charge is 2.28. The van der Waals surface area contributed by atoms with Gasteiger partial charge < -0.3 is 9.73 Å². The molecule has 1 atom stereocenters. The Morgan fingerprint density at radius 2 is 2.47 bits per heavy atom. The first-order valence-electron chi connectivity index (χ1n) is 5.19. The number of nitrogens with one attached hydrogen (secondary N) is 1. The van der Waals surface area contributed by atoms with Crippen molar-refractivity contribution >= 4 is 21.8 Å². The van der Waals surface area contributed by atoms with Crippen LogP contribution in [0.3, 0.4) is 0 Å². The maximum Gasteiger partial charge on any atom is 0.255 e. The topological polar surface area (TPSA) is 42.2 Å². The number of hydrogen-bond acceptors (Lipinski definition) is 2. The molecular formula is C11H14BrNO2. The number of furan rings is 1. The van der Waals surface area contributed by atoms with Gasteiger partial charge in [-0.1, -0.05) is 6.92 Å². The lowest BCUT2D eigenvalue weighted by Gasteiger charge is -2.10. The lowest BCUT2D eigenvalue weighted by molar-refractivity contribution is 0.0945. The van der Waals surface area contributed by atoms with Crippen LogP contribution in [0.5, 0.6) is 0 Å². The van der Waals surface area contributed by atoms with Crippen molar-refractivity contribution in [2.75, 3.05) is 6.54 Å². The van der Waals surface area contributed by atoms with Gasteiger partial charge in [-0.3, -0.25) is 4.79 Å². The van der Waals surface area contributed by atoms with E-state index in [-0.39, 0.29) is 5.91 Å². The van der Waals surface area contributed by atoms with Crippen LogP contribution in [0.2, 0.25) is 0 Å². The molecule has 3 nitrogen and oxygen atoms in total. The summed E-state index contributed by atoms with van der Waals surface area (Å²) in [6.45, 7) is 2.93. The van der Waals surface area contributed by atoms with E-state index >= 15 is 0 Å². The van der Waals surface area contributed by atoms with Crippen molar-refractivity contribution < 1.29 is 9.21 Å². The van der Waals surface area contributed by atoms with Crippen LogP contribution in [0.15, 0.2) is 21.4 Å². The fourth-order valence-corrected chi connectivity index (χ4v) is 2.06. The molecule has 1 unspecified atom stereocenters. The predicted octanol–water partition coefficient (Wildman–Crippen LogP) is 2.82. The standard InChI is InChI=1S/C11H14BrNO2/c1-7(8-2-3-8)6-13-11(14)9-4-5-15-10(9)12/h4-5,7-8H,2-3,6H2,1H3,(H,13,14). The van der Waals surface area contributed by atoms with E-state index in [4.69, 9.17) is 4.42 Å². The van der Waals surface area contributed by atoms with Crippen LogP contribution >= 0.6 is 15.9 Å². The number of hydrogen-bond donors (Lipinski definition) is 1. The third-order valence-corrected chi connectivity index (χ3v) is 3.49. The van der Waals surface area contributed by atoms with Crippen molar-refractivity contribution in [1.82, 2.24) is 5.32 Å². The molecule has 0 bridgehead atoms. The van der Waals surface area contributed by atoms with E-state index in [1.807, 2.05) is 0 Å². The average molecular weight is 272 g/mol. The van der Waals surface area contributed by atoms with Gasteiger partial charge in [0.2, 0.25) is 0 Å². The van der Waals surface area contributed by atoms with E-state index < -0.39 is 0 Å². The molecule has 4 heteroatoms. The van der Waals surface area contributed by atoms with Crippen molar-refractivity contribution in [3.63, 3.8) is 0 Å². The van der Waals surface area contributed by atoms with E-state index in [0.29, 0.717) is 16.2 Å². The van der Waals surface area contributed by atoms with Gasteiger partial charge >= 0.3 is 0 Å².